The molecule has 0 radical (unpaired) electrons. The number of allylic oxidation sites excluding steroid dienone is 1. The quantitative estimate of drug-likeness (QED) is 0.672. The van der Waals surface area contributed by atoms with Crippen molar-refractivity contribution < 1.29 is 9.90 Å². The third kappa shape index (κ3) is 4.13. The second-order valence-corrected chi connectivity index (χ2v) is 3.50. The van der Waals surface area contributed by atoms with Gasteiger partial charge in [-0.3, -0.25) is 0 Å². The Morgan fingerprint density at radius 2 is 1.87 bits per heavy atom. The predicted molar refractivity (Wildman–Crippen MR) is 65.9 cm³/mol. The Morgan fingerprint density at radius 1 is 1.27 bits per heavy atom. The molecule has 0 aromatic heterocycles. The van der Waals surface area contributed by atoms with E-state index in [0.29, 0.717) is 0 Å². The van der Waals surface area contributed by atoms with Crippen molar-refractivity contribution in [2.45, 2.75) is 0 Å². The molecule has 0 unspecified atom stereocenters. The van der Waals surface area contributed by atoms with Crippen LogP contribution in [0.5, 0.6) is 0 Å². The molecule has 0 aliphatic heterocycles. The normalized spacial score (nSPS) is 11.3. The van der Waals surface area contributed by atoms with Gasteiger partial charge in [-0.2, -0.15) is 0 Å². The largest absolute Gasteiger partial charge is 0.478 e. The van der Waals surface area contributed by atoms with Crippen LogP contribution in [-0.4, -0.2) is 16.4 Å². The van der Waals surface area contributed by atoms with Crippen molar-refractivity contribution in [2.24, 2.45) is 0 Å². The third-order valence-corrected chi connectivity index (χ3v) is 2.16. The fourth-order valence-electron chi connectivity index (χ4n) is 1.15. The van der Waals surface area contributed by atoms with Gasteiger partial charge in [-0.15, -0.1) is 0 Å². The van der Waals surface area contributed by atoms with E-state index in [4.69, 9.17) is 5.11 Å². The minimum absolute atomic E-state index is 0.782. The molecule has 0 spiro atoms. The molecule has 2 nitrogen and oxygen atoms in total. The summed E-state index contributed by atoms with van der Waals surface area (Å²) >= 11 is 3.29. The summed E-state index contributed by atoms with van der Waals surface area (Å²) in [5, 5.41) is 9.31. The van der Waals surface area contributed by atoms with E-state index < -0.39 is 5.97 Å². The number of benzene rings is 1. The highest BCUT2D eigenvalue weighted by Crippen LogP contribution is 2.12. The van der Waals surface area contributed by atoms with Gasteiger partial charge in [0.15, 0.2) is 0 Å². The van der Waals surface area contributed by atoms with Gasteiger partial charge < -0.3 is 5.11 Å². The minimum Gasteiger partial charge on any atom is -0.478 e. The maximum absolute atomic E-state index is 10.4. The lowest BCUT2D eigenvalue weighted by Crippen LogP contribution is -1.87. The van der Waals surface area contributed by atoms with Gasteiger partial charge in [0.1, 0.15) is 0 Å². The Hall–Kier alpha value is -1.35. The standard InChI is InChI=1S/C12H11BrO2/c13-9-3-6-10-4-1-2-5-11(10)7-8-12(14)15/h1-8H,9H2,(H,14,15)/b6-3?,8-7+. The van der Waals surface area contributed by atoms with Crippen LogP contribution in [0.25, 0.3) is 12.2 Å². The van der Waals surface area contributed by atoms with Crippen molar-refractivity contribution in [3.05, 3.63) is 47.5 Å². The second kappa shape index (κ2) is 6.19. The molecule has 15 heavy (non-hydrogen) atoms. The number of carboxylic acid groups (broad SMARTS) is 1. The lowest BCUT2D eigenvalue weighted by molar-refractivity contribution is -0.131. The molecule has 0 saturated carbocycles. The van der Waals surface area contributed by atoms with Gasteiger partial charge in [-0.1, -0.05) is 52.3 Å². The first-order chi connectivity index (χ1) is 7.24. The molecule has 78 valence electrons. The fourth-order valence-corrected chi connectivity index (χ4v) is 1.33. The van der Waals surface area contributed by atoms with Gasteiger partial charge in [0.25, 0.3) is 0 Å². The molecule has 1 N–H and O–H groups in total. The summed E-state index contributed by atoms with van der Waals surface area (Å²) in [6, 6.07) is 7.63. The highest BCUT2D eigenvalue weighted by Gasteiger charge is 1.94. The van der Waals surface area contributed by atoms with Crippen molar-refractivity contribution in [1.82, 2.24) is 0 Å². The van der Waals surface area contributed by atoms with Gasteiger partial charge in [-0.05, 0) is 17.2 Å². The number of carbonyl (C=O) groups is 1. The van der Waals surface area contributed by atoms with Crippen molar-refractivity contribution >= 4 is 34.1 Å². The molecular weight excluding hydrogens is 256 g/mol. The van der Waals surface area contributed by atoms with Gasteiger partial charge in [0, 0.05) is 11.4 Å². The smallest absolute Gasteiger partial charge is 0.328 e. The molecule has 0 aliphatic rings. The molecule has 0 bridgehead atoms. The van der Waals surface area contributed by atoms with E-state index in [-0.39, 0.29) is 0 Å². The highest BCUT2D eigenvalue weighted by molar-refractivity contribution is 9.09. The molecular formula is C12H11BrO2. The lowest BCUT2D eigenvalue weighted by atomic mass is 10.1. The van der Waals surface area contributed by atoms with Gasteiger partial charge in [-0.25, -0.2) is 4.79 Å². The van der Waals surface area contributed by atoms with E-state index in [1.165, 1.54) is 0 Å². The summed E-state index contributed by atoms with van der Waals surface area (Å²) in [6.45, 7) is 0. The first kappa shape index (κ1) is 11.7. The summed E-state index contributed by atoms with van der Waals surface area (Å²) in [6.07, 6.45) is 6.65. The van der Waals surface area contributed by atoms with Crippen molar-refractivity contribution in [3.8, 4) is 0 Å². The average molecular weight is 267 g/mol. The molecule has 0 atom stereocenters. The Bertz CT molecular complexity index is 394. The summed E-state index contributed by atoms with van der Waals surface area (Å²) in [7, 11) is 0. The molecule has 0 heterocycles. The fraction of sp³-hybridized carbons (Fsp3) is 0.0833. The average Bonchev–Trinajstić information content (AvgIpc) is 2.24. The van der Waals surface area contributed by atoms with Crippen LogP contribution in [0.1, 0.15) is 11.1 Å². The molecule has 0 saturated heterocycles. The molecule has 0 fully saturated rings. The lowest BCUT2D eigenvalue weighted by Gasteiger charge is -1.99. The van der Waals surface area contributed by atoms with E-state index in [1.807, 2.05) is 36.4 Å². The van der Waals surface area contributed by atoms with Crippen LogP contribution >= 0.6 is 15.9 Å². The van der Waals surface area contributed by atoms with E-state index in [2.05, 4.69) is 15.9 Å². The maximum atomic E-state index is 10.4. The number of aliphatic carboxylic acids is 1. The van der Waals surface area contributed by atoms with Crippen LogP contribution in [0.3, 0.4) is 0 Å². The zero-order valence-electron chi connectivity index (χ0n) is 8.06. The maximum Gasteiger partial charge on any atom is 0.328 e. The number of hydrogen-bond donors (Lipinski definition) is 1. The number of alkyl halides is 1. The van der Waals surface area contributed by atoms with Crippen LogP contribution in [0.4, 0.5) is 0 Å². The summed E-state index contributed by atoms with van der Waals surface area (Å²) in [4.78, 5) is 10.4. The van der Waals surface area contributed by atoms with Crippen molar-refractivity contribution in [3.63, 3.8) is 0 Å². The number of hydrogen-bond acceptors (Lipinski definition) is 1. The van der Waals surface area contributed by atoms with E-state index in [9.17, 15) is 4.79 Å². The minimum atomic E-state index is -0.936. The Balaban J connectivity index is 2.96. The zero-order valence-corrected chi connectivity index (χ0v) is 9.65. The molecule has 1 aromatic rings. The molecule has 0 aliphatic carbocycles. The van der Waals surface area contributed by atoms with Gasteiger partial charge in [0.2, 0.25) is 0 Å². The molecule has 0 amide bonds. The van der Waals surface area contributed by atoms with Crippen molar-refractivity contribution in [2.75, 3.05) is 5.33 Å². The monoisotopic (exact) mass is 266 g/mol. The van der Waals surface area contributed by atoms with E-state index in [1.54, 1.807) is 6.08 Å². The van der Waals surface area contributed by atoms with Crippen LogP contribution in [0.2, 0.25) is 0 Å². The van der Waals surface area contributed by atoms with Crippen LogP contribution in [-0.2, 0) is 4.79 Å². The summed E-state index contributed by atoms with van der Waals surface area (Å²) in [5.74, 6) is -0.936. The van der Waals surface area contributed by atoms with Crippen molar-refractivity contribution in [1.29, 1.82) is 0 Å². The molecule has 1 aromatic carbocycles. The summed E-state index contributed by atoms with van der Waals surface area (Å²) < 4.78 is 0. The highest BCUT2D eigenvalue weighted by atomic mass is 79.9. The van der Waals surface area contributed by atoms with E-state index in [0.717, 1.165) is 22.5 Å². The van der Waals surface area contributed by atoms with Gasteiger partial charge in [0.05, 0.1) is 0 Å². The van der Waals surface area contributed by atoms with Gasteiger partial charge >= 0.3 is 5.97 Å². The number of carboxylic acids is 1. The summed E-state index contributed by atoms with van der Waals surface area (Å²) in [5.41, 5.74) is 1.91. The number of halogens is 1. The Labute approximate surface area is 97.1 Å². The Morgan fingerprint density at radius 3 is 2.40 bits per heavy atom. The SMILES string of the molecule is O=C(O)/C=C/c1ccccc1C=CCBr. The van der Waals surface area contributed by atoms with E-state index >= 15 is 0 Å². The molecule has 3 heteroatoms. The third-order valence-electron chi connectivity index (χ3n) is 1.79. The topological polar surface area (TPSA) is 37.3 Å². The Kier molecular flexibility index (Phi) is 4.84. The van der Waals surface area contributed by atoms with Crippen LogP contribution in [0, 0.1) is 0 Å². The predicted octanol–water partition coefficient (Wildman–Crippen LogP) is 3.19. The van der Waals surface area contributed by atoms with Crippen LogP contribution in [0.15, 0.2) is 36.4 Å². The first-order valence-corrected chi connectivity index (χ1v) is 5.58. The first-order valence-electron chi connectivity index (χ1n) is 4.46. The zero-order chi connectivity index (χ0) is 11.1. The van der Waals surface area contributed by atoms with Crippen LogP contribution < -0.4 is 0 Å². The second-order valence-electron chi connectivity index (χ2n) is 2.86. The number of rotatable bonds is 4. The molecule has 1 rings (SSSR count).